The van der Waals surface area contributed by atoms with Gasteiger partial charge in [-0.05, 0) is 17.7 Å². The van der Waals surface area contributed by atoms with Crippen LogP contribution >= 0.6 is 23.4 Å². The molecule has 24 heavy (non-hydrogen) atoms. The second-order valence-electron chi connectivity index (χ2n) is 5.20. The van der Waals surface area contributed by atoms with E-state index in [0.29, 0.717) is 18.2 Å². The minimum absolute atomic E-state index is 0.671. The van der Waals surface area contributed by atoms with Crippen molar-refractivity contribution < 1.29 is 4.74 Å². The quantitative estimate of drug-likeness (QED) is 0.463. The van der Waals surface area contributed by atoms with Gasteiger partial charge in [-0.25, -0.2) is 0 Å². The molecule has 124 valence electrons. The number of methoxy groups -OCH3 is 1. The Morgan fingerprint density at radius 2 is 1.79 bits per heavy atom. The van der Waals surface area contributed by atoms with Crippen LogP contribution in [0.1, 0.15) is 5.56 Å². The molecule has 0 aliphatic rings. The fraction of sp³-hybridized carbons (Fsp3) is 0.222. The molecule has 0 N–H and O–H groups in total. The normalized spacial score (nSPS) is 10.9. The maximum Gasteiger partial charge on any atom is 0.191 e. The average molecular weight is 360 g/mol. The van der Waals surface area contributed by atoms with Crippen molar-refractivity contribution in [2.24, 2.45) is 0 Å². The van der Waals surface area contributed by atoms with E-state index >= 15 is 0 Å². The van der Waals surface area contributed by atoms with Crippen molar-refractivity contribution in [1.82, 2.24) is 14.8 Å². The van der Waals surface area contributed by atoms with Crippen molar-refractivity contribution in [3.63, 3.8) is 0 Å². The van der Waals surface area contributed by atoms with Crippen molar-refractivity contribution in [3.05, 3.63) is 65.2 Å². The second kappa shape index (κ2) is 8.33. The first-order valence-corrected chi connectivity index (χ1v) is 8.99. The summed E-state index contributed by atoms with van der Waals surface area (Å²) in [5, 5.41) is 10.3. The molecular weight excluding hydrogens is 342 g/mol. The van der Waals surface area contributed by atoms with Crippen LogP contribution in [-0.4, -0.2) is 34.2 Å². The Morgan fingerprint density at radius 3 is 2.54 bits per heavy atom. The van der Waals surface area contributed by atoms with E-state index in [1.165, 1.54) is 5.56 Å². The summed E-state index contributed by atoms with van der Waals surface area (Å²) in [6, 6.07) is 18.0. The molecule has 0 unspecified atom stereocenters. The topological polar surface area (TPSA) is 39.9 Å². The van der Waals surface area contributed by atoms with Crippen molar-refractivity contribution in [1.29, 1.82) is 0 Å². The zero-order valence-electron chi connectivity index (χ0n) is 13.4. The van der Waals surface area contributed by atoms with Crippen LogP contribution in [0.15, 0.2) is 59.8 Å². The molecule has 0 aliphatic heterocycles. The minimum Gasteiger partial charge on any atom is -0.384 e. The predicted octanol–water partition coefficient (Wildman–Crippen LogP) is 4.39. The standard InChI is InChI=1S/C18H18ClN3OS/c1-23-11-12-24-18-21-20-17(15-9-5-6-10-16(15)19)22(18)13-14-7-3-2-4-8-14/h2-10H,11-13H2,1H3. The Labute approximate surface area is 150 Å². The first kappa shape index (κ1) is 17.0. The summed E-state index contributed by atoms with van der Waals surface area (Å²) in [5.41, 5.74) is 2.08. The first-order chi connectivity index (χ1) is 11.8. The lowest BCUT2D eigenvalue weighted by Crippen LogP contribution is -2.05. The molecule has 0 saturated heterocycles. The van der Waals surface area contributed by atoms with E-state index in [1.807, 2.05) is 42.5 Å². The lowest BCUT2D eigenvalue weighted by atomic mass is 10.2. The van der Waals surface area contributed by atoms with Crippen LogP contribution < -0.4 is 0 Å². The minimum atomic E-state index is 0.671. The van der Waals surface area contributed by atoms with Crippen LogP contribution in [0.25, 0.3) is 11.4 Å². The van der Waals surface area contributed by atoms with Crippen LogP contribution in [0.4, 0.5) is 0 Å². The number of rotatable bonds is 7. The predicted molar refractivity (Wildman–Crippen MR) is 98.6 cm³/mol. The van der Waals surface area contributed by atoms with E-state index in [4.69, 9.17) is 16.3 Å². The van der Waals surface area contributed by atoms with Gasteiger partial charge in [0.2, 0.25) is 0 Å². The monoisotopic (exact) mass is 359 g/mol. The number of halogens is 1. The van der Waals surface area contributed by atoms with Gasteiger partial charge in [-0.1, -0.05) is 65.8 Å². The molecule has 0 spiro atoms. The molecule has 0 atom stereocenters. The summed E-state index contributed by atoms with van der Waals surface area (Å²) in [6.45, 7) is 1.37. The van der Waals surface area contributed by atoms with Gasteiger partial charge in [0.25, 0.3) is 0 Å². The lowest BCUT2D eigenvalue weighted by Gasteiger charge is -2.11. The molecule has 0 amide bonds. The SMILES string of the molecule is COCCSc1nnc(-c2ccccc2Cl)n1Cc1ccccc1. The molecule has 0 aliphatic carbocycles. The lowest BCUT2D eigenvalue weighted by molar-refractivity contribution is 0.218. The van der Waals surface area contributed by atoms with Gasteiger partial charge in [-0.3, -0.25) is 4.57 Å². The molecule has 0 saturated carbocycles. The summed E-state index contributed by atoms with van der Waals surface area (Å²) in [6.07, 6.45) is 0. The summed E-state index contributed by atoms with van der Waals surface area (Å²) in [7, 11) is 1.70. The van der Waals surface area contributed by atoms with Crippen molar-refractivity contribution >= 4 is 23.4 Å². The molecule has 3 rings (SSSR count). The summed E-state index contributed by atoms with van der Waals surface area (Å²) >= 11 is 8.00. The molecule has 0 fully saturated rings. The van der Waals surface area contributed by atoms with Gasteiger partial charge in [0, 0.05) is 18.4 Å². The highest BCUT2D eigenvalue weighted by atomic mass is 35.5. The van der Waals surface area contributed by atoms with Gasteiger partial charge in [0.15, 0.2) is 11.0 Å². The average Bonchev–Trinajstić information content (AvgIpc) is 2.99. The maximum atomic E-state index is 6.36. The third-order valence-electron chi connectivity index (χ3n) is 3.53. The van der Waals surface area contributed by atoms with Crippen LogP contribution in [0, 0.1) is 0 Å². The number of aromatic nitrogens is 3. The van der Waals surface area contributed by atoms with E-state index < -0.39 is 0 Å². The van der Waals surface area contributed by atoms with Crippen molar-refractivity contribution in [3.8, 4) is 11.4 Å². The third kappa shape index (κ3) is 3.98. The Balaban J connectivity index is 1.97. The van der Waals surface area contributed by atoms with Gasteiger partial charge in [-0.15, -0.1) is 10.2 Å². The van der Waals surface area contributed by atoms with E-state index in [-0.39, 0.29) is 0 Å². The van der Waals surface area contributed by atoms with Crippen LogP contribution in [0.3, 0.4) is 0 Å². The summed E-state index contributed by atoms with van der Waals surface area (Å²) in [5.74, 6) is 1.61. The summed E-state index contributed by atoms with van der Waals surface area (Å²) in [4.78, 5) is 0. The molecule has 0 radical (unpaired) electrons. The molecule has 1 aromatic heterocycles. The maximum absolute atomic E-state index is 6.36. The number of hydrogen-bond donors (Lipinski definition) is 0. The number of ether oxygens (including phenoxy) is 1. The van der Waals surface area contributed by atoms with Gasteiger partial charge in [0.05, 0.1) is 18.2 Å². The Bertz CT molecular complexity index is 792. The molecule has 6 heteroatoms. The van der Waals surface area contributed by atoms with Crippen LogP contribution in [0.2, 0.25) is 5.02 Å². The number of nitrogens with zero attached hydrogens (tertiary/aromatic N) is 3. The van der Waals surface area contributed by atoms with E-state index in [9.17, 15) is 0 Å². The van der Waals surface area contributed by atoms with Crippen molar-refractivity contribution in [2.45, 2.75) is 11.7 Å². The number of benzene rings is 2. The van der Waals surface area contributed by atoms with E-state index in [0.717, 1.165) is 22.3 Å². The van der Waals surface area contributed by atoms with Gasteiger partial charge >= 0.3 is 0 Å². The van der Waals surface area contributed by atoms with E-state index in [1.54, 1.807) is 18.9 Å². The fourth-order valence-corrected chi connectivity index (χ4v) is 3.42. The van der Waals surface area contributed by atoms with Crippen LogP contribution in [0.5, 0.6) is 0 Å². The van der Waals surface area contributed by atoms with Crippen LogP contribution in [-0.2, 0) is 11.3 Å². The summed E-state index contributed by atoms with van der Waals surface area (Å²) < 4.78 is 7.24. The fourth-order valence-electron chi connectivity index (χ4n) is 2.36. The number of thioether (sulfide) groups is 1. The molecule has 1 heterocycles. The van der Waals surface area contributed by atoms with Gasteiger partial charge in [0.1, 0.15) is 0 Å². The first-order valence-electron chi connectivity index (χ1n) is 7.63. The molecule has 0 bridgehead atoms. The second-order valence-corrected chi connectivity index (χ2v) is 6.67. The largest absolute Gasteiger partial charge is 0.384 e. The number of hydrogen-bond acceptors (Lipinski definition) is 4. The Morgan fingerprint density at radius 1 is 1.04 bits per heavy atom. The third-order valence-corrected chi connectivity index (χ3v) is 4.79. The zero-order chi connectivity index (χ0) is 16.8. The highest BCUT2D eigenvalue weighted by Gasteiger charge is 2.16. The van der Waals surface area contributed by atoms with Gasteiger partial charge < -0.3 is 4.74 Å². The highest BCUT2D eigenvalue weighted by molar-refractivity contribution is 7.99. The van der Waals surface area contributed by atoms with E-state index in [2.05, 4.69) is 26.9 Å². The zero-order valence-corrected chi connectivity index (χ0v) is 14.9. The van der Waals surface area contributed by atoms with Gasteiger partial charge in [-0.2, -0.15) is 0 Å². The molecular formula is C18H18ClN3OS. The Kier molecular flexibility index (Phi) is 5.91. The Hall–Kier alpha value is -1.82. The van der Waals surface area contributed by atoms with Crippen molar-refractivity contribution in [2.75, 3.05) is 19.5 Å². The highest BCUT2D eigenvalue weighted by Crippen LogP contribution is 2.29. The molecule has 3 aromatic rings. The molecule has 4 nitrogen and oxygen atoms in total. The molecule has 2 aromatic carbocycles. The smallest absolute Gasteiger partial charge is 0.191 e.